The van der Waals surface area contributed by atoms with Gasteiger partial charge in [-0.25, -0.2) is 0 Å². The molecule has 0 saturated carbocycles. The van der Waals surface area contributed by atoms with Crippen LogP contribution in [0.15, 0.2) is 24.3 Å². The number of rotatable bonds is 6. The zero-order chi connectivity index (χ0) is 11.1. The third kappa shape index (κ3) is 22.5. The molecule has 2 heteroatoms. The molecule has 0 unspecified atom stereocenters. The maximum Gasteiger partial charge on any atom is 0.0612 e. The molecule has 14 heavy (non-hydrogen) atoms. The molecule has 0 aliphatic heterocycles. The van der Waals surface area contributed by atoms with Gasteiger partial charge in [0.2, 0.25) is 0 Å². The Morgan fingerprint density at radius 2 is 1.07 bits per heavy atom. The molecule has 0 fully saturated rings. The van der Waals surface area contributed by atoms with Crippen LogP contribution in [0.1, 0.15) is 39.5 Å². The minimum absolute atomic E-state index is 0.181. The van der Waals surface area contributed by atoms with Crippen molar-refractivity contribution in [3.8, 4) is 0 Å². The first-order chi connectivity index (χ1) is 6.83. The molecule has 0 aliphatic rings. The molecular weight excluding hydrogens is 176 g/mol. The lowest BCUT2D eigenvalue weighted by atomic mass is 10.3. The highest BCUT2D eigenvalue weighted by molar-refractivity contribution is 4.79. The average Bonchev–Trinajstić information content (AvgIpc) is 2.21. The summed E-state index contributed by atoms with van der Waals surface area (Å²) >= 11 is 0. The van der Waals surface area contributed by atoms with Gasteiger partial charge in [0.05, 0.1) is 13.2 Å². The summed E-state index contributed by atoms with van der Waals surface area (Å²) in [6.45, 7) is 4.59. The van der Waals surface area contributed by atoms with Crippen molar-refractivity contribution in [1.29, 1.82) is 0 Å². The third-order valence-electron chi connectivity index (χ3n) is 1.45. The van der Waals surface area contributed by atoms with E-state index >= 15 is 0 Å². The predicted molar refractivity (Wildman–Crippen MR) is 62.3 cm³/mol. The molecule has 84 valence electrons. The number of hydrogen-bond acceptors (Lipinski definition) is 2. The molecule has 0 saturated heterocycles. The van der Waals surface area contributed by atoms with Gasteiger partial charge in [0.1, 0.15) is 0 Å². The largest absolute Gasteiger partial charge is 0.392 e. The lowest BCUT2D eigenvalue weighted by Gasteiger charge is -1.79. The fourth-order valence-corrected chi connectivity index (χ4v) is 0.718. The summed E-state index contributed by atoms with van der Waals surface area (Å²) < 4.78 is 0. The Morgan fingerprint density at radius 3 is 1.29 bits per heavy atom. The van der Waals surface area contributed by atoms with Gasteiger partial charge in [-0.05, 0) is 12.8 Å². The van der Waals surface area contributed by atoms with E-state index in [-0.39, 0.29) is 13.2 Å². The van der Waals surface area contributed by atoms with Gasteiger partial charge >= 0.3 is 0 Å². The minimum atomic E-state index is 0.181. The normalized spacial score (nSPS) is 10.6. The molecule has 0 aromatic rings. The van der Waals surface area contributed by atoms with E-state index in [1.807, 2.05) is 12.2 Å². The monoisotopic (exact) mass is 200 g/mol. The highest BCUT2D eigenvalue weighted by atomic mass is 16.3. The van der Waals surface area contributed by atoms with E-state index in [1.54, 1.807) is 12.2 Å². The van der Waals surface area contributed by atoms with Crippen molar-refractivity contribution < 1.29 is 10.2 Å². The maximum absolute atomic E-state index is 8.21. The van der Waals surface area contributed by atoms with Gasteiger partial charge in [-0.2, -0.15) is 0 Å². The Labute approximate surface area is 88.0 Å². The van der Waals surface area contributed by atoms with Gasteiger partial charge < -0.3 is 10.2 Å². The van der Waals surface area contributed by atoms with Crippen LogP contribution < -0.4 is 0 Å². The van der Waals surface area contributed by atoms with Crippen molar-refractivity contribution in [2.75, 3.05) is 13.2 Å². The molecule has 0 rings (SSSR count). The van der Waals surface area contributed by atoms with Crippen LogP contribution in [0.2, 0.25) is 0 Å². The van der Waals surface area contributed by atoms with Crippen molar-refractivity contribution >= 4 is 0 Å². The lowest BCUT2D eigenvalue weighted by molar-refractivity contribution is 0.342. The van der Waals surface area contributed by atoms with Gasteiger partial charge in [-0.1, -0.05) is 51.0 Å². The molecule has 2 nitrogen and oxygen atoms in total. The van der Waals surface area contributed by atoms with Gasteiger partial charge in [0.25, 0.3) is 0 Å². The predicted octanol–water partition coefficient (Wildman–Crippen LogP) is 2.67. The summed E-state index contributed by atoms with van der Waals surface area (Å²) in [4.78, 5) is 0. The maximum atomic E-state index is 8.21. The molecule has 0 spiro atoms. The molecule has 0 heterocycles. The molecule has 0 aliphatic carbocycles. The molecule has 0 aromatic carbocycles. The molecular formula is C12H24O2. The van der Waals surface area contributed by atoms with Crippen molar-refractivity contribution in [1.82, 2.24) is 0 Å². The molecule has 0 bridgehead atoms. The fraction of sp³-hybridized carbons (Fsp3) is 0.667. The van der Waals surface area contributed by atoms with Crippen LogP contribution in [-0.4, -0.2) is 23.4 Å². The highest BCUT2D eigenvalue weighted by Gasteiger charge is 1.69. The zero-order valence-electron chi connectivity index (χ0n) is 9.45. The average molecular weight is 200 g/mol. The number of hydrogen-bond donors (Lipinski definition) is 2. The lowest BCUT2D eigenvalue weighted by Crippen LogP contribution is -1.69. The standard InChI is InChI=1S/2C6H12O/c2*1-2-3-4-5-6-7/h2*4-5,7H,2-3,6H2,1H3/b2*5-4+. The minimum Gasteiger partial charge on any atom is -0.392 e. The Morgan fingerprint density at radius 1 is 0.714 bits per heavy atom. The van der Waals surface area contributed by atoms with Gasteiger partial charge in [0, 0.05) is 0 Å². The van der Waals surface area contributed by atoms with Crippen LogP contribution in [-0.2, 0) is 0 Å². The first-order valence-corrected chi connectivity index (χ1v) is 5.35. The van der Waals surface area contributed by atoms with Crippen LogP contribution in [0.3, 0.4) is 0 Å². The van der Waals surface area contributed by atoms with Crippen LogP contribution in [0.4, 0.5) is 0 Å². The summed E-state index contributed by atoms with van der Waals surface area (Å²) in [6, 6.07) is 0. The van der Waals surface area contributed by atoms with E-state index in [0.29, 0.717) is 0 Å². The summed E-state index contributed by atoms with van der Waals surface area (Å²) in [5.74, 6) is 0. The van der Waals surface area contributed by atoms with E-state index in [4.69, 9.17) is 10.2 Å². The summed E-state index contributed by atoms with van der Waals surface area (Å²) in [6.07, 6.45) is 12.0. The quantitative estimate of drug-likeness (QED) is 0.647. The third-order valence-corrected chi connectivity index (χ3v) is 1.45. The second-order valence-corrected chi connectivity index (χ2v) is 2.89. The molecule has 0 amide bonds. The summed E-state index contributed by atoms with van der Waals surface area (Å²) in [7, 11) is 0. The van der Waals surface area contributed by atoms with Crippen molar-refractivity contribution in [3.63, 3.8) is 0 Å². The van der Waals surface area contributed by atoms with Crippen LogP contribution in [0, 0.1) is 0 Å². The highest BCUT2D eigenvalue weighted by Crippen LogP contribution is 1.86. The zero-order valence-corrected chi connectivity index (χ0v) is 9.45. The Kier molecular flexibility index (Phi) is 20.7. The van der Waals surface area contributed by atoms with Crippen LogP contribution in [0.5, 0.6) is 0 Å². The van der Waals surface area contributed by atoms with E-state index in [1.165, 1.54) is 0 Å². The first-order valence-electron chi connectivity index (χ1n) is 5.35. The van der Waals surface area contributed by atoms with E-state index in [0.717, 1.165) is 25.7 Å². The van der Waals surface area contributed by atoms with E-state index < -0.39 is 0 Å². The first kappa shape index (κ1) is 15.9. The van der Waals surface area contributed by atoms with Crippen LogP contribution >= 0.6 is 0 Å². The Bertz CT molecular complexity index is 112. The number of aliphatic hydroxyl groups is 2. The fourth-order valence-electron chi connectivity index (χ4n) is 0.718. The molecule has 0 aromatic heterocycles. The van der Waals surface area contributed by atoms with Crippen molar-refractivity contribution in [3.05, 3.63) is 24.3 Å². The Hall–Kier alpha value is -0.600. The molecule has 2 N–H and O–H groups in total. The number of allylic oxidation sites excluding steroid dienone is 2. The van der Waals surface area contributed by atoms with Gasteiger partial charge in [-0.3, -0.25) is 0 Å². The second-order valence-electron chi connectivity index (χ2n) is 2.89. The SMILES string of the molecule is CCC/C=C/CO.CCC/C=C/CO. The number of aliphatic hydroxyl groups excluding tert-OH is 2. The van der Waals surface area contributed by atoms with E-state index in [9.17, 15) is 0 Å². The number of unbranched alkanes of at least 4 members (excludes halogenated alkanes) is 2. The van der Waals surface area contributed by atoms with Crippen LogP contribution in [0.25, 0.3) is 0 Å². The molecule has 0 atom stereocenters. The summed E-state index contributed by atoms with van der Waals surface area (Å²) in [5, 5.41) is 16.4. The van der Waals surface area contributed by atoms with E-state index in [2.05, 4.69) is 13.8 Å². The van der Waals surface area contributed by atoms with Gasteiger partial charge in [-0.15, -0.1) is 0 Å². The van der Waals surface area contributed by atoms with Crippen molar-refractivity contribution in [2.45, 2.75) is 39.5 Å². The second kappa shape index (κ2) is 18.2. The smallest absolute Gasteiger partial charge is 0.0612 e. The summed E-state index contributed by atoms with van der Waals surface area (Å²) in [5.41, 5.74) is 0. The topological polar surface area (TPSA) is 40.5 Å². The van der Waals surface area contributed by atoms with Gasteiger partial charge in [0.15, 0.2) is 0 Å². The molecule has 0 radical (unpaired) electrons. The Balaban J connectivity index is 0. The van der Waals surface area contributed by atoms with Crippen molar-refractivity contribution in [2.24, 2.45) is 0 Å².